The standard InChI is InChI=1S/C17H17FN2O3/c1-17(11-19,13-6-7-13)20-15(21)10-23-16(22)8-5-12-3-2-4-14(18)9-12/h2-5,8-9,13H,6-7,10H2,1H3,(H,20,21)/b8-5+/t17-/m0/s1. The molecule has 0 aromatic heterocycles. The highest BCUT2D eigenvalue weighted by Crippen LogP contribution is 2.39. The zero-order valence-corrected chi connectivity index (χ0v) is 12.7. The predicted octanol–water partition coefficient (Wildman–Crippen LogP) is 2.19. The Bertz CT molecular complexity index is 677. The number of halogens is 1. The molecular formula is C17H17FN2O3. The molecule has 1 amide bonds. The molecule has 120 valence electrons. The first-order valence-electron chi connectivity index (χ1n) is 7.25. The van der Waals surface area contributed by atoms with E-state index in [1.54, 1.807) is 13.0 Å². The van der Waals surface area contributed by atoms with E-state index < -0.39 is 29.8 Å². The van der Waals surface area contributed by atoms with E-state index in [4.69, 9.17) is 10.00 Å². The van der Waals surface area contributed by atoms with Crippen LogP contribution < -0.4 is 5.32 Å². The van der Waals surface area contributed by atoms with Crippen molar-refractivity contribution < 1.29 is 18.7 Å². The largest absolute Gasteiger partial charge is 0.452 e. The average molecular weight is 316 g/mol. The SMILES string of the molecule is C[C@@](C#N)(NC(=O)COC(=O)/C=C/c1cccc(F)c1)C1CC1. The number of hydrogen-bond donors (Lipinski definition) is 1. The number of nitriles is 1. The molecule has 5 nitrogen and oxygen atoms in total. The summed E-state index contributed by atoms with van der Waals surface area (Å²) < 4.78 is 17.8. The van der Waals surface area contributed by atoms with Crippen LogP contribution in [0.3, 0.4) is 0 Å². The highest BCUT2D eigenvalue weighted by molar-refractivity contribution is 5.89. The normalized spacial score (nSPS) is 16.4. The fourth-order valence-corrected chi connectivity index (χ4v) is 2.17. The Morgan fingerprint density at radius 1 is 1.52 bits per heavy atom. The van der Waals surface area contributed by atoms with Crippen LogP contribution in [0.1, 0.15) is 25.3 Å². The number of hydrogen-bond acceptors (Lipinski definition) is 4. The molecule has 1 aliphatic carbocycles. The van der Waals surface area contributed by atoms with Gasteiger partial charge < -0.3 is 10.1 Å². The maximum Gasteiger partial charge on any atom is 0.331 e. The highest BCUT2D eigenvalue weighted by atomic mass is 19.1. The second kappa shape index (κ2) is 7.05. The number of nitrogens with zero attached hydrogens (tertiary/aromatic N) is 1. The second-order valence-corrected chi connectivity index (χ2v) is 5.63. The number of carbonyl (C=O) groups excluding carboxylic acids is 2. The van der Waals surface area contributed by atoms with Crippen LogP contribution in [-0.4, -0.2) is 24.0 Å². The zero-order chi connectivity index (χ0) is 16.9. The first kappa shape index (κ1) is 16.7. The van der Waals surface area contributed by atoms with Gasteiger partial charge in [-0.25, -0.2) is 9.18 Å². The minimum absolute atomic E-state index is 0.153. The number of esters is 1. The van der Waals surface area contributed by atoms with Crippen LogP contribution in [0.4, 0.5) is 4.39 Å². The summed E-state index contributed by atoms with van der Waals surface area (Å²) in [4.78, 5) is 23.3. The molecule has 1 N–H and O–H groups in total. The van der Waals surface area contributed by atoms with Crippen LogP contribution >= 0.6 is 0 Å². The molecule has 0 bridgehead atoms. The lowest BCUT2D eigenvalue weighted by molar-refractivity contribution is -0.144. The van der Waals surface area contributed by atoms with Gasteiger partial charge in [0.2, 0.25) is 0 Å². The molecular weight excluding hydrogens is 299 g/mol. The number of amides is 1. The van der Waals surface area contributed by atoms with Crippen molar-refractivity contribution in [2.45, 2.75) is 25.3 Å². The third kappa shape index (κ3) is 4.92. The third-order valence-electron chi connectivity index (χ3n) is 3.63. The third-order valence-corrected chi connectivity index (χ3v) is 3.63. The number of nitrogens with one attached hydrogen (secondary N) is 1. The van der Waals surface area contributed by atoms with E-state index in [-0.39, 0.29) is 5.92 Å². The molecule has 0 heterocycles. The second-order valence-electron chi connectivity index (χ2n) is 5.63. The molecule has 1 aromatic carbocycles. The molecule has 23 heavy (non-hydrogen) atoms. The number of ether oxygens (including phenoxy) is 1. The van der Waals surface area contributed by atoms with E-state index in [1.165, 1.54) is 24.3 Å². The fourth-order valence-electron chi connectivity index (χ4n) is 2.17. The summed E-state index contributed by atoms with van der Waals surface area (Å²) in [5, 5.41) is 11.7. The molecule has 1 saturated carbocycles. The fraction of sp³-hybridized carbons (Fsp3) is 0.353. The quantitative estimate of drug-likeness (QED) is 0.644. The predicted molar refractivity (Wildman–Crippen MR) is 81.3 cm³/mol. The van der Waals surface area contributed by atoms with Gasteiger partial charge in [-0.3, -0.25) is 4.79 Å². The summed E-state index contributed by atoms with van der Waals surface area (Å²) in [6.07, 6.45) is 4.32. The van der Waals surface area contributed by atoms with Crippen LogP contribution in [-0.2, 0) is 14.3 Å². The molecule has 1 aliphatic rings. The summed E-state index contributed by atoms with van der Waals surface area (Å²) in [5.74, 6) is -1.49. The molecule has 0 saturated heterocycles. The number of benzene rings is 1. The molecule has 1 fully saturated rings. The van der Waals surface area contributed by atoms with Crippen LogP contribution in [0, 0.1) is 23.1 Å². The van der Waals surface area contributed by atoms with Crippen LogP contribution in [0.2, 0.25) is 0 Å². The Balaban J connectivity index is 1.80. The van der Waals surface area contributed by atoms with Gasteiger partial charge in [-0.1, -0.05) is 12.1 Å². The van der Waals surface area contributed by atoms with Crippen molar-refractivity contribution in [2.24, 2.45) is 5.92 Å². The Labute approximate surface area is 133 Å². The van der Waals surface area contributed by atoms with Gasteiger partial charge in [0.05, 0.1) is 6.07 Å². The van der Waals surface area contributed by atoms with Crippen LogP contribution in [0.25, 0.3) is 6.08 Å². The van der Waals surface area contributed by atoms with Gasteiger partial charge >= 0.3 is 5.97 Å². The number of carbonyl (C=O) groups is 2. The van der Waals surface area contributed by atoms with Gasteiger partial charge in [0.1, 0.15) is 11.4 Å². The lowest BCUT2D eigenvalue weighted by atomic mass is 9.98. The maximum absolute atomic E-state index is 13.0. The molecule has 6 heteroatoms. The van der Waals surface area contributed by atoms with Crippen LogP contribution in [0.5, 0.6) is 0 Å². The van der Waals surface area contributed by atoms with E-state index in [0.717, 1.165) is 18.9 Å². The lowest BCUT2D eigenvalue weighted by Gasteiger charge is -2.22. The molecule has 1 aromatic rings. The van der Waals surface area contributed by atoms with Crippen molar-refractivity contribution in [3.05, 3.63) is 41.7 Å². The molecule has 2 rings (SSSR count). The smallest absolute Gasteiger partial charge is 0.331 e. The molecule has 1 atom stereocenters. The lowest BCUT2D eigenvalue weighted by Crippen LogP contribution is -2.48. The maximum atomic E-state index is 13.0. The minimum Gasteiger partial charge on any atom is -0.452 e. The highest BCUT2D eigenvalue weighted by Gasteiger charge is 2.43. The summed E-state index contributed by atoms with van der Waals surface area (Å²) in [6.45, 7) is 1.20. The Morgan fingerprint density at radius 3 is 2.87 bits per heavy atom. The van der Waals surface area contributed by atoms with E-state index >= 15 is 0 Å². The Morgan fingerprint density at radius 2 is 2.26 bits per heavy atom. The first-order chi connectivity index (χ1) is 10.9. The van der Waals surface area contributed by atoms with Crippen molar-refractivity contribution in [1.82, 2.24) is 5.32 Å². The molecule has 0 aliphatic heterocycles. The van der Waals surface area contributed by atoms with Gasteiger partial charge in [-0.2, -0.15) is 5.26 Å². The molecule has 0 spiro atoms. The monoisotopic (exact) mass is 316 g/mol. The number of rotatable bonds is 6. The summed E-state index contributed by atoms with van der Waals surface area (Å²) in [7, 11) is 0. The van der Waals surface area contributed by atoms with E-state index in [1.807, 2.05) is 0 Å². The van der Waals surface area contributed by atoms with E-state index in [2.05, 4.69) is 11.4 Å². The van der Waals surface area contributed by atoms with Gasteiger partial charge in [0, 0.05) is 6.08 Å². The van der Waals surface area contributed by atoms with Crippen molar-refractivity contribution >= 4 is 18.0 Å². The molecule has 0 unspecified atom stereocenters. The summed E-state index contributed by atoms with van der Waals surface area (Å²) >= 11 is 0. The minimum atomic E-state index is -0.916. The zero-order valence-electron chi connectivity index (χ0n) is 12.7. The Hall–Kier alpha value is -2.68. The van der Waals surface area contributed by atoms with Crippen molar-refractivity contribution in [3.8, 4) is 6.07 Å². The van der Waals surface area contributed by atoms with Gasteiger partial charge in [-0.05, 0) is 49.5 Å². The van der Waals surface area contributed by atoms with Crippen molar-refractivity contribution in [3.63, 3.8) is 0 Å². The van der Waals surface area contributed by atoms with E-state index in [9.17, 15) is 14.0 Å². The van der Waals surface area contributed by atoms with Gasteiger partial charge in [0.15, 0.2) is 6.61 Å². The van der Waals surface area contributed by atoms with Crippen molar-refractivity contribution in [1.29, 1.82) is 5.26 Å². The summed E-state index contributed by atoms with van der Waals surface area (Å²) in [5.41, 5.74) is -0.404. The van der Waals surface area contributed by atoms with Gasteiger partial charge in [0.25, 0.3) is 5.91 Å². The molecule has 0 radical (unpaired) electrons. The topological polar surface area (TPSA) is 79.2 Å². The van der Waals surface area contributed by atoms with Crippen LogP contribution in [0.15, 0.2) is 30.3 Å². The Kier molecular flexibility index (Phi) is 5.12. The van der Waals surface area contributed by atoms with Gasteiger partial charge in [-0.15, -0.1) is 0 Å². The van der Waals surface area contributed by atoms with Crippen molar-refractivity contribution in [2.75, 3.05) is 6.61 Å². The average Bonchev–Trinajstić information content (AvgIpc) is 3.36. The summed E-state index contributed by atoms with van der Waals surface area (Å²) in [6, 6.07) is 7.81. The van der Waals surface area contributed by atoms with E-state index in [0.29, 0.717) is 5.56 Å². The first-order valence-corrected chi connectivity index (χ1v) is 7.25.